The van der Waals surface area contributed by atoms with Gasteiger partial charge in [0.15, 0.2) is 0 Å². The molecule has 0 spiro atoms. The summed E-state index contributed by atoms with van der Waals surface area (Å²) in [5.74, 6) is 0.776. The highest BCUT2D eigenvalue weighted by Gasteiger charge is 2.21. The third kappa shape index (κ3) is 5.35. The molecule has 114 valence electrons. The van der Waals surface area contributed by atoms with E-state index >= 15 is 0 Å². The van der Waals surface area contributed by atoms with Crippen molar-refractivity contribution in [2.24, 2.45) is 5.92 Å². The van der Waals surface area contributed by atoms with Crippen LogP contribution in [0.5, 0.6) is 0 Å². The molecule has 2 rings (SSSR count). The number of ether oxygens (including phenoxy) is 1. The molecule has 0 saturated heterocycles. The summed E-state index contributed by atoms with van der Waals surface area (Å²) in [6, 6.07) is 11.8. The van der Waals surface area contributed by atoms with Crippen LogP contribution < -0.4 is 0 Å². The molecular weight excluding hydrogens is 272 g/mol. The number of allylic oxidation sites excluding steroid dienone is 2. The first-order valence-electron chi connectivity index (χ1n) is 7.97. The number of hydrogen-bond acceptors (Lipinski definition) is 3. The van der Waals surface area contributed by atoms with E-state index in [0.29, 0.717) is 18.3 Å². The normalized spacial score (nSPS) is 21.4. The number of hydrogen-bond donors (Lipinski definition) is 0. The zero-order chi connectivity index (χ0) is 15.6. The van der Waals surface area contributed by atoms with E-state index in [1.165, 1.54) is 19.3 Å². The molecule has 0 bridgehead atoms. The van der Waals surface area contributed by atoms with Crippen molar-refractivity contribution in [2.75, 3.05) is 0 Å². The molecule has 0 amide bonds. The molecule has 0 heterocycles. The highest BCUT2D eigenvalue weighted by molar-refractivity contribution is 5.31. The Balaban J connectivity index is 1.66. The number of nitriles is 2. The van der Waals surface area contributed by atoms with Gasteiger partial charge in [0.1, 0.15) is 0 Å². The molecule has 3 heteroatoms. The summed E-state index contributed by atoms with van der Waals surface area (Å²) < 4.78 is 5.99. The van der Waals surface area contributed by atoms with Crippen LogP contribution in [0, 0.1) is 28.6 Å². The monoisotopic (exact) mass is 294 g/mol. The van der Waals surface area contributed by atoms with Crippen molar-refractivity contribution in [1.82, 2.24) is 0 Å². The second-order valence-corrected chi connectivity index (χ2v) is 5.87. The largest absolute Gasteiger partial charge is 0.374 e. The molecule has 0 aliphatic heterocycles. The topological polar surface area (TPSA) is 56.8 Å². The molecule has 0 unspecified atom stereocenters. The summed E-state index contributed by atoms with van der Waals surface area (Å²) in [5.41, 5.74) is 1.82. The maximum absolute atomic E-state index is 8.78. The summed E-state index contributed by atoms with van der Waals surface area (Å²) in [4.78, 5) is 0. The van der Waals surface area contributed by atoms with Gasteiger partial charge in [0.2, 0.25) is 0 Å². The van der Waals surface area contributed by atoms with Crippen LogP contribution >= 0.6 is 0 Å². The van der Waals surface area contributed by atoms with Crippen LogP contribution in [0.4, 0.5) is 0 Å². The molecule has 0 atom stereocenters. The summed E-state index contributed by atoms with van der Waals surface area (Å²) in [6.07, 6.45) is 10.8. The van der Waals surface area contributed by atoms with E-state index in [2.05, 4.69) is 6.07 Å². The van der Waals surface area contributed by atoms with Crippen LogP contribution in [-0.4, -0.2) is 6.10 Å². The SMILES string of the molecule is N#C/C=C/CC[C@H]1CC[C@H](OCc2ccc(C#N)cc2)CC1. The highest BCUT2D eigenvalue weighted by atomic mass is 16.5. The highest BCUT2D eigenvalue weighted by Crippen LogP contribution is 2.30. The maximum Gasteiger partial charge on any atom is 0.0991 e. The minimum atomic E-state index is 0.363. The van der Waals surface area contributed by atoms with Crippen LogP contribution in [0.3, 0.4) is 0 Å². The number of nitrogens with zero attached hydrogens (tertiary/aromatic N) is 2. The van der Waals surface area contributed by atoms with Gasteiger partial charge < -0.3 is 4.74 Å². The Morgan fingerprint density at radius 1 is 1.09 bits per heavy atom. The van der Waals surface area contributed by atoms with Gasteiger partial charge in [-0.2, -0.15) is 10.5 Å². The lowest BCUT2D eigenvalue weighted by Crippen LogP contribution is -2.21. The van der Waals surface area contributed by atoms with Gasteiger partial charge in [-0.05, 0) is 62.1 Å². The zero-order valence-electron chi connectivity index (χ0n) is 12.9. The van der Waals surface area contributed by atoms with Crippen LogP contribution in [0.25, 0.3) is 0 Å². The molecule has 0 aromatic heterocycles. The Morgan fingerprint density at radius 3 is 2.45 bits per heavy atom. The van der Waals surface area contributed by atoms with Gasteiger partial charge in [0.05, 0.1) is 30.4 Å². The van der Waals surface area contributed by atoms with Crippen LogP contribution in [0.2, 0.25) is 0 Å². The molecule has 1 saturated carbocycles. The fourth-order valence-electron chi connectivity index (χ4n) is 2.94. The fourth-order valence-corrected chi connectivity index (χ4v) is 2.94. The lowest BCUT2D eigenvalue weighted by Gasteiger charge is -2.28. The Hall–Kier alpha value is -2.10. The van der Waals surface area contributed by atoms with Gasteiger partial charge in [-0.25, -0.2) is 0 Å². The van der Waals surface area contributed by atoms with E-state index in [1.807, 2.05) is 36.4 Å². The van der Waals surface area contributed by atoms with Gasteiger partial charge >= 0.3 is 0 Å². The standard InChI is InChI=1S/C19H22N2O/c20-13-3-1-2-4-16-9-11-19(12-10-16)22-15-18-7-5-17(14-21)6-8-18/h1,3,5-8,16,19H,2,4,9-12,15H2/b3-1+/t16-,19-. The first kappa shape index (κ1) is 16.3. The molecule has 3 nitrogen and oxygen atoms in total. The minimum Gasteiger partial charge on any atom is -0.374 e. The molecule has 0 radical (unpaired) electrons. The second-order valence-electron chi connectivity index (χ2n) is 5.87. The van der Waals surface area contributed by atoms with Crippen LogP contribution in [0.15, 0.2) is 36.4 Å². The molecule has 1 aromatic carbocycles. The summed E-state index contributed by atoms with van der Waals surface area (Å²) >= 11 is 0. The Labute approximate surface area is 132 Å². The van der Waals surface area contributed by atoms with Gasteiger partial charge in [-0.3, -0.25) is 0 Å². The summed E-state index contributed by atoms with van der Waals surface area (Å²) in [6.45, 7) is 0.631. The van der Waals surface area contributed by atoms with Crippen LogP contribution in [-0.2, 0) is 11.3 Å². The predicted octanol–water partition coefficient (Wildman–Crippen LogP) is 4.49. The summed E-state index contributed by atoms with van der Waals surface area (Å²) in [5, 5.41) is 17.2. The predicted molar refractivity (Wildman–Crippen MR) is 85.7 cm³/mol. The van der Waals surface area contributed by atoms with Crippen molar-refractivity contribution in [3.63, 3.8) is 0 Å². The van der Waals surface area contributed by atoms with Gasteiger partial charge in [-0.1, -0.05) is 18.2 Å². The van der Waals surface area contributed by atoms with E-state index < -0.39 is 0 Å². The van der Waals surface area contributed by atoms with Gasteiger partial charge in [-0.15, -0.1) is 0 Å². The minimum absolute atomic E-state index is 0.363. The first-order chi connectivity index (χ1) is 10.8. The average molecular weight is 294 g/mol. The molecule has 1 fully saturated rings. The average Bonchev–Trinajstić information content (AvgIpc) is 2.58. The van der Waals surface area contributed by atoms with E-state index in [4.69, 9.17) is 15.3 Å². The maximum atomic E-state index is 8.78. The molecule has 1 aliphatic carbocycles. The van der Waals surface area contributed by atoms with Gasteiger partial charge in [0.25, 0.3) is 0 Å². The van der Waals surface area contributed by atoms with Crippen molar-refractivity contribution < 1.29 is 4.74 Å². The smallest absolute Gasteiger partial charge is 0.0991 e. The lowest BCUT2D eigenvalue weighted by molar-refractivity contribution is 0.00647. The lowest BCUT2D eigenvalue weighted by atomic mass is 9.84. The van der Waals surface area contributed by atoms with Crippen molar-refractivity contribution in [3.8, 4) is 12.1 Å². The van der Waals surface area contributed by atoms with Gasteiger partial charge in [0, 0.05) is 6.08 Å². The van der Waals surface area contributed by atoms with Crippen molar-refractivity contribution in [1.29, 1.82) is 10.5 Å². The van der Waals surface area contributed by atoms with E-state index in [0.717, 1.165) is 30.7 Å². The van der Waals surface area contributed by atoms with Crippen LogP contribution in [0.1, 0.15) is 49.7 Å². The molecule has 0 N–H and O–H groups in total. The third-order valence-corrected chi connectivity index (χ3v) is 4.30. The third-order valence-electron chi connectivity index (χ3n) is 4.30. The Kier molecular flexibility index (Phi) is 6.68. The first-order valence-corrected chi connectivity index (χ1v) is 7.97. The Bertz CT molecular complexity index is 555. The number of benzene rings is 1. The van der Waals surface area contributed by atoms with E-state index in [9.17, 15) is 0 Å². The van der Waals surface area contributed by atoms with E-state index in [1.54, 1.807) is 6.08 Å². The molecule has 1 aliphatic rings. The summed E-state index contributed by atoms with van der Waals surface area (Å²) in [7, 11) is 0. The molecule has 1 aromatic rings. The van der Waals surface area contributed by atoms with Crippen molar-refractivity contribution in [3.05, 3.63) is 47.5 Å². The fraction of sp³-hybridized carbons (Fsp3) is 0.474. The zero-order valence-corrected chi connectivity index (χ0v) is 12.9. The van der Waals surface area contributed by atoms with E-state index in [-0.39, 0.29) is 0 Å². The Morgan fingerprint density at radius 2 is 1.82 bits per heavy atom. The van der Waals surface area contributed by atoms with Crippen molar-refractivity contribution >= 4 is 0 Å². The second kappa shape index (κ2) is 9.03. The molecular formula is C19H22N2O. The molecule has 22 heavy (non-hydrogen) atoms. The quantitative estimate of drug-likeness (QED) is 0.726. The number of rotatable bonds is 6. The van der Waals surface area contributed by atoms with Crippen molar-refractivity contribution in [2.45, 2.75) is 51.2 Å².